The van der Waals surface area contributed by atoms with E-state index in [-0.39, 0.29) is 5.75 Å². The average molecular weight is 385 g/mol. The zero-order chi connectivity index (χ0) is 18.7. The maximum Gasteiger partial charge on any atom is 0.488 e. The number of hydrogen-bond donors (Lipinski definition) is 1. The maximum atomic E-state index is 13.0. The van der Waals surface area contributed by atoms with E-state index in [9.17, 15) is 12.3 Å². The van der Waals surface area contributed by atoms with Crippen molar-refractivity contribution in [1.82, 2.24) is 10.2 Å². The SMILES string of the molecule is Cc1c(C#C[Si](C)(C)C)cc(OS(=O)(=O)F)cc1CN1CCNCC1. The van der Waals surface area contributed by atoms with Crippen LogP contribution in [0.3, 0.4) is 0 Å². The molecule has 0 amide bonds. The van der Waals surface area contributed by atoms with E-state index in [1.54, 1.807) is 6.07 Å². The Labute approximate surface area is 151 Å². The van der Waals surface area contributed by atoms with Gasteiger partial charge in [0.25, 0.3) is 0 Å². The molecule has 1 aromatic carbocycles. The first-order valence-corrected chi connectivity index (χ1v) is 13.1. The quantitative estimate of drug-likeness (QED) is 0.490. The molecule has 1 aromatic rings. The smallest absolute Gasteiger partial charge is 0.358 e. The molecule has 1 fully saturated rings. The van der Waals surface area contributed by atoms with Crippen molar-refractivity contribution in [1.29, 1.82) is 0 Å². The van der Waals surface area contributed by atoms with Crippen LogP contribution in [0.15, 0.2) is 12.1 Å². The van der Waals surface area contributed by atoms with E-state index in [1.165, 1.54) is 6.07 Å². The van der Waals surface area contributed by atoms with Gasteiger partial charge in [-0.25, -0.2) is 0 Å². The highest BCUT2D eigenvalue weighted by Gasteiger charge is 2.17. The molecule has 0 aliphatic carbocycles. The van der Waals surface area contributed by atoms with E-state index in [4.69, 9.17) is 0 Å². The van der Waals surface area contributed by atoms with Crippen molar-refractivity contribution in [2.24, 2.45) is 0 Å². The molecular formula is C17H25FN2O3SSi. The minimum absolute atomic E-state index is 0.0295. The Bertz CT molecular complexity index is 789. The third-order valence-corrected chi connectivity index (χ3v) is 5.13. The lowest BCUT2D eigenvalue weighted by Gasteiger charge is -2.28. The van der Waals surface area contributed by atoms with Gasteiger partial charge in [0.05, 0.1) is 0 Å². The number of piperazine rings is 1. The lowest BCUT2D eigenvalue weighted by Crippen LogP contribution is -2.43. The molecule has 1 saturated heterocycles. The molecule has 0 radical (unpaired) electrons. The van der Waals surface area contributed by atoms with E-state index in [0.717, 1.165) is 37.3 Å². The second-order valence-corrected chi connectivity index (χ2v) is 13.0. The zero-order valence-electron chi connectivity index (χ0n) is 15.1. The monoisotopic (exact) mass is 384 g/mol. The Morgan fingerprint density at radius 2 is 1.92 bits per heavy atom. The van der Waals surface area contributed by atoms with Gasteiger partial charge in [0.1, 0.15) is 13.8 Å². The maximum absolute atomic E-state index is 13.0. The van der Waals surface area contributed by atoms with Gasteiger partial charge >= 0.3 is 10.5 Å². The fourth-order valence-electron chi connectivity index (χ4n) is 2.57. The van der Waals surface area contributed by atoms with E-state index in [1.807, 2.05) is 6.92 Å². The van der Waals surface area contributed by atoms with Crippen molar-refractivity contribution in [3.8, 4) is 17.2 Å². The largest absolute Gasteiger partial charge is 0.488 e. The van der Waals surface area contributed by atoms with Gasteiger partial charge in [-0.3, -0.25) is 4.90 Å². The van der Waals surface area contributed by atoms with Crippen LogP contribution in [0.4, 0.5) is 3.89 Å². The summed E-state index contributed by atoms with van der Waals surface area (Å²) in [6.45, 7) is 12.6. The molecule has 1 aliphatic heterocycles. The summed E-state index contributed by atoms with van der Waals surface area (Å²) in [6, 6.07) is 3.09. The fraction of sp³-hybridized carbons (Fsp3) is 0.529. The summed E-state index contributed by atoms with van der Waals surface area (Å²) in [6.07, 6.45) is 0. The topological polar surface area (TPSA) is 58.6 Å². The summed E-state index contributed by atoms with van der Waals surface area (Å²) in [4.78, 5) is 2.27. The summed E-state index contributed by atoms with van der Waals surface area (Å²) in [7, 11) is -6.66. The third kappa shape index (κ3) is 6.78. The van der Waals surface area contributed by atoms with Crippen LogP contribution >= 0.6 is 0 Å². The molecule has 5 nitrogen and oxygen atoms in total. The van der Waals surface area contributed by atoms with Gasteiger partial charge in [-0.05, 0) is 30.2 Å². The predicted octanol–water partition coefficient (Wildman–Crippen LogP) is 2.22. The Hall–Kier alpha value is -1.40. The molecule has 8 heteroatoms. The Morgan fingerprint density at radius 3 is 2.48 bits per heavy atom. The minimum atomic E-state index is -5.06. The van der Waals surface area contributed by atoms with Crippen molar-refractivity contribution in [3.63, 3.8) is 0 Å². The third-order valence-electron chi connectivity index (χ3n) is 3.86. The second kappa shape index (κ2) is 7.87. The van der Waals surface area contributed by atoms with Crippen LogP contribution in [0.5, 0.6) is 5.75 Å². The zero-order valence-corrected chi connectivity index (χ0v) is 17.0. The second-order valence-electron chi connectivity index (χ2n) is 7.26. The highest BCUT2D eigenvalue weighted by molar-refractivity contribution is 7.81. The minimum Gasteiger partial charge on any atom is -0.358 e. The standard InChI is InChI=1S/C17H25FN2O3SSi/c1-14-15(5-10-25(2,3)4)11-17(23-24(18,21)22)12-16(14)13-20-8-6-19-7-9-20/h11-12,19H,6-9,13H2,1-4H3. The lowest BCUT2D eigenvalue weighted by molar-refractivity contribution is 0.232. The average Bonchev–Trinajstić information content (AvgIpc) is 2.47. The van der Waals surface area contributed by atoms with Crippen LogP contribution < -0.4 is 9.50 Å². The van der Waals surface area contributed by atoms with Crippen LogP contribution in [0, 0.1) is 18.4 Å². The van der Waals surface area contributed by atoms with Crippen molar-refractivity contribution >= 4 is 18.6 Å². The molecule has 2 rings (SSSR count). The van der Waals surface area contributed by atoms with Gasteiger partial charge in [0, 0.05) is 38.3 Å². The summed E-state index contributed by atoms with van der Waals surface area (Å²) < 4.78 is 39.2. The molecule has 0 atom stereocenters. The number of rotatable bonds is 4. The molecule has 0 unspecified atom stereocenters. The molecule has 0 spiro atoms. The van der Waals surface area contributed by atoms with Crippen molar-refractivity contribution in [3.05, 3.63) is 28.8 Å². The number of nitrogens with one attached hydrogen (secondary N) is 1. The number of hydrogen-bond acceptors (Lipinski definition) is 5. The molecule has 1 heterocycles. The highest BCUT2D eigenvalue weighted by atomic mass is 32.3. The lowest BCUT2D eigenvalue weighted by atomic mass is 10.0. The molecule has 1 aliphatic rings. The van der Waals surface area contributed by atoms with Gasteiger partial charge in [0.2, 0.25) is 0 Å². The summed E-state index contributed by atoms with van der Waals surface area (Å²) in [5.41, 5.74) is 5.84. The van der Waals surface area contributed by atoms with Crippen LogP contribution in [0.1, 0.15) is 16.7 Å². The molecular weight excluding hydrogens is 359 g/mol. The summed E-state index contributed by atoms with van der Waals surface area (Å²) >= 11 is 0. The predicted molar refractivity (Wildman–Crippen MR) is 100 cm³/mol. The van der Waals surface area contributed by atoms with Crippen LogP contribution in [-0.2, 0) is 17.0 Å². The summed E-state index contributed by atoms with van der Waals surface area (Å²) in [5, 5.41) is 3.29. The first kappa shape index (κ1) is 19.9. The molecule has 0 bridgehead atoms. The van der Waals surface area contributed by atoms with Gasteiger partial charge in [-0.15, -0.1) is 5.54 Å². The molecule has 0 saturated carbocycles. The van der Waals surface area contributed by atoms with Crippen LogP contribution in [-0.4, -0.2) is 47.6 Å². The number of nitrogens with zero attached hydrogens (tertiary/aromatic N) is 1. The van der Waals surface area contributed by atoms with Crippen LogP contribution in [0.25, 0.3) is 0 Å². The van der Waals surface area contributed by atoms with Gasteiger partial charge in [-0.2, -0.15) is 8.42 Å². The van der Waals surface area contributed by atoms with E-state index in [2.05, 4.69) is 45.5 Å². The highest BCUT2D eigenvalue weighted by Crippen LogP contribution is 2.25. The first-order chi connectivity index (χ1) is 11.5. The van der Waals surface area contributed by atoms with Gasteiger partial charge in [0.15, 0.2) is 0 Å². The van der Waals surface area contributed by atoms with Crippen molar-refractivity contribution in [2.45, 2.75) is 33.1 Å². The van der Waals surface area contributed by atoms with Gasteiger partial charge < -0.3 is 9.50 Å². The van der Waals surface area contributed by atoms with E-state index >= 15 is 0 Å². The Balaban J connectivity index is 2.40. The Morgan fingerprint density at radius 1 is 1.28 bits per heavy atom. The number of benzene rings is 1. The molecule has 138 valence electrons. The van der Waals surface area contributed by atoms with Crippen molar-refractivity contribution < 1.29 is 16.5 Å². The molecule has 1 N–H and O–H groups in total. The molecule has 25 heavy (non-hydrogen) atoms. The normalized spacial score (nSPS) is 16.2. The first-order valence-electron chi connectivity index (χ1n) is 8.27. The number of halogens is 1. The van der Waals surface area contributed by atoms with Crippen molar-refractivity contribution in [2.75, 3.05) is 26.2 Å². The molecule has 0 aromatic heterocycles. The summed E-state index contributed by atoms with van der Waals surface area (Å²) in [5.74, 6) is 3.11. The van der Waals surface area contributed by atoms with E-state index < -0.39 is 18.6 Å². The Kier molecular flexibility index (Phi) is 6.27. The van der Waals surface area contributed by atoms with E-state index in [0.29, 0.717) is 12.1 Å². The van der Waals surface area contributed by atoms with Crippen LogP contribution in [0.2, 0.25) is 19.6 Å². The fourth-order valence-corrected chi connectivity index (χ4v) is 3.40. The van der Waals surface area contributed by atoms with Gasteiger partial charge in [-0.1, -0.05) is 29.4 Å².